The molecule has 0 spiro atoms. The van der Waals surface area contributed by atoms with Crippen molar-refractivity contribution in [2.45, 2.75) is 6.92 Å². The Labute approximate surface area is 95.0 Å². The Morgan fingerprint density at radius 2 is 2.29 bits per heavy atom. The molecule has 72 valence electrons. The average Bonchev–Trinajstić information content (AvgIpc) is 2.76. The number of rotatable bonds is 2. The number of ketones is 1. The molecule has 0 aliphatic rings. The minimum absolute atomic E-state index is 0.0613. The summed E-state index contributed by atoms with van der Waals surface area (Å²) < 4.78 is 0.698. The van der Waals surface area contributed by atoms with Crippen LogP contribution in [0.3, 0.4) is 0 Å². The summed E-state index contributed by atoms with van der Waals surface area (Å²) >= 11 is 8.77. The molecule has 0 aliphatic carbocycles. The zero-order valence-corrected chi connectivity index (χ0v) is 9.80. The summed E-state index contributed by atoms with van der Waals surface area (Å²) in [5.74, 6) is 0.0613. The zero-order chi connectivity index (χ0) is 10.1. The predicted octanol–water partition coefficient (Wildman–Crippen LogP) is 4.00. The predicted molar refractivity (Wildman–Crippen MR) is 61.8 cm³/mol. The second-order valence-corrected chi connectivity index (χ2v) is 5.34. The summed E-state index contributed by atoms with van der Waals surface area (Å²) in [5, 5.41) is 3.75. The fourth-order valence-electron chi connectivity index (χ4n) is 1.11. The Hall–Kier alpha value is -0.640. The molecule has 2 rings (SSSR count). The topological polar surface area (TPSA) is 17.1 Å². The lowest BCUT2D eigenvalue weighted by atomic mass is 10.2. The van der Waals surface area contributed by atoms with Gasteiger partial charge in [0.1, 0.15) is 0 Å². The maximum atomic E-state index is 11.8. The van der Waals surface area contributed by atoms with Gasteiger partial charge in [-0.15, -0.1) is 11.3 Å². The first-order valence-electron chi connectivity index (χ1n) is 4.01. The van der Waals surface area contributed by atoms with E-state index in [-0.39, 0.29) is 5.78 Å². The van der Waals surface area contributed by atoms with Crippen molar-refractivity contribution in [2.75, 3.05) is 0 Å². The minimum Gasteiger partial charge on any atom is -0.288 e. The first kappa shape index (κ1) is 9.90. The smallest absolute Gasteiger partial charge is 0.203 e. The summed E-state index contributed by atoms with van der Waals surface area (Å²) in [6.07, 6.45) is 0. The quantitative estimate of drug-likeness (QED) is 0.728. The van der Waals surface area contributed by atoms with Gasteiger partial charge in [0.15, 0.2) is 0 Å². The summed E-state index contributed by atoms with van der Waals surface area (Å²) in [4.78, 5) is 12.5. The van der Waals surface area contributed by atoms with Crippen molar-refractivity contribution in [3.05, 3.63) is 43.2 Å². The molecule has 0 fully saturated rings. The highest BCUT2D eigenvalue weighted by molar-refractivity contribution is 7.18. The van der Waals surface area contributed by atoms with E-state index in [1.165, 1.54) is 22.7 Å². The van der Waals surface area contributed by atoms with Gasteiger partial charge >= 0.3 is 0 Å². The molecule has 0 atom stereocenters. The van der Waals surface area contributed by atoms with Gasteiger partial charge in [0.25, 0.3) is 0 Å². The van der Waals surface area contributed by atoms with Gasteiger partial charge in [0.05, 0.1) is 9.21 Å². The number of hydrogen-bond donors (Lipinski definition) is 0. The van der Waals surface area contributed by atoms with Crippen LogP contribution in [0.15, 0.2) is 22.9 Å². The maximum absolute atomic E-state index is 11.8. The summed E-state index contributed by atoms with van der Waals surface area (Å²) in [7, 11) is 0. The highest BCUT2D eigenvalue weighted by atomic mass is 35.5. The molecule has 4 heteroatoms. The van der Waals surface area contributed by atoms with E-state index >= 15 is 0 Å². The Bertz CT molecular complexity index is 437. The highest BCUT2D eigenvalue weighted by Crippen LogP contribution is 2.28. The van der Waals surface area contributed by atoms with Crippen LogP contribution in [0.1, 0.15) is 20.8 Å². The molecule has 0 aliphatic heterocycles. The van der Waals surface area contributed by atoms with E-state index in [1.807, 2.05) is 29.8 Å². The van der Waals surface area contributed by atoms with E-state index in [4.69, 9.17) is 11.6 Å². The van der Waals surface area contributed by atoms with Gasteiger partial charge in [-0.1, -0.05) is 11.6 Å². The number of carbonyl (C=O) groups is 1. The van der Waals surface area contributed by atoms with Crippen LogP contribution >= 0.6 is 34.3 Å². The third kappa shape index (κ3) is 1.75. The maximum Gasteiger partial charge on any atom is 0.203 e. The van der Waals surface area contributed by atoms with E-state index in [2.05, 4.69) is 0 Å². The molecule has 2 aromatic heterocycles. The molecule has 14 heavy (non-hydrogen) atoms. The van der Waals surface area contributed by atoms with Gasteiger partial charge < -0.3 is 0 Å². The van der Waals surface area contributed by atoms with Gasteiger partial charge in [-0.3, -0.25) is 4.79 Å². The van der Waals surface area contributed by atoms with Gasteiger partial charge in [-0.05, 0) is 30.0 Å². The van der Waals surface area contributed by atoms with Crippen LogP contribution in [0.2, 0.25) is 4.34 Å². The van der Waals surface area contributed by atoms with E-state index in [9.17, 15) is 4.79 Å². The summed E-state index contributed by atoms with van der Waals surface area (Å²) in [6.45, 7) is 1.91. The van der Waals surface area contributed by atoms with Crippen molar-refractivity contribution >= 4 is 40.1 Å². The monoisotopic (exact) mass is 242 g/mol. The Balaban J connectivity index is 2.37. The van der Waals surface area contributed by atoms with E-state index in [0.717, 1.165) is 11.1 Å². The molecule has 0 saturated carbocycles. The minimum atomic E-state index is 0.0613. The number of aryl methyl sites for hydroxylation is 1. The summed E-state index contributed by atoms with van der Waals surface area (Å²) in [5.41, 5.74) is 1.71. The standard InChI is InChI=1S/C10H7ClOS2/c1-6-4-8(14-10(6)11)9(12)7-2-3-13-5-7/h2-5H,1H3. The second kappa shape index (κ2) is 3.85. The third-order valence-electron chi connectivity index (χ3n) is 1.86. The van der Waals surface area contributed by atoms with Gasteiger partial charge in [0, 0.05) is 10.9 Å². The molecule has 2 aromatic rings. The van der Waals surface area contributed by atoms with Crippen molar-refractivity contribution in [1.29, 1.82) is 0 Å². The molecular formula is C10H7ClOS2. The fraction of sp³-hybridized carbons (Fsp3) is 0.100. The van der Waals surface area contributed by atoms with Gasteiger partial charge in [-0.2, -0.15) is 11.3 Å². The Morgan fingerprint density at radius 1 is 1.50 bits per heavy atom. The van der Waals surface area contributed by atoms with Crippen LogP contribution in [-0.2, 0) is 0 Å². The molecular weight excluding hydrogens is 236 g/mol. The van der Waals surface area contributed by atoms with Crippen LogP contribution in [0.25, 0.3) is 0 Å². The lowest BCUT2D eigenvalue weighted by Crippen LogP contribution is -1.95. The van der Waals surface area contributed by atoms with E-state index in [0.29, 0.717) is 9.21 Å². The van der Waals surface area contributed by atoms with Crippen molar-refractivity contribution in [3.63, 3.8) is 0 Å². The van der Waals surface area contributed by atoms with Crippen molar-refractivity contribution in [1.82, 2.24) is 0 Å². The Morgan fingerprint density at radius 3 is 2.79 bits per heavy atom. The first-order valence-corrected chi connectivity index (χ1v) is 6.15. The second-order valence-electron chi connectivity index (χ2n) is 2.91. The lowest BCUT2D eigenvalue weighted by Gasteiger charge is -1.90. The average molecular weight is 243 g/mol. The zero-order valence-electron chi connectivity index (χ0n) is 7.41. The summed E-state index contributed by atoms with van der Waals surface area (Å²) in [6, 6.07) is 3.67. The molecule has 0 N–H and O–H groups in total. The Kier molecular flexibility index (Phi) is 2.72. The van der Waals surface area contributed by atoms with Crippen LogP contribution in [-0.4, -0.2) is 5.78 Å². The van der Waals surface area contributed by atoms with Crippen LogP contribution < -0.4 is 0 Å². The molecule has 0 aromatic carbocycles. The van der Waals surface area contributed by atoms with Crippen LogP contribution in [0, 0.1) is 6.92 Å². The van der Waals surface area contributed by atoms with Crippen LogP contribution in [0.4, 0.5) is 0 Å². The van der Waals surface area contributed by atoms with Gasteiger partial charge in [-0.25, -0.2) is 0 Å². The number of hydrogen-bond acceptors (Lipinski definition) is 3. The number of thiophene rings is 2. The van der Waals surface area contributed by atoms with Crippen LogP contribution in [0.5, 0.6) is 0 Å². The molecule has 0 saturated heterocycles. The SMILES string of the molecule is Cc1cc(C(=O)c2ccsc2)sc1Cl. The van der Waals surface area contributed by atoms with Crippen molar-refractivity contribution < 1.29 is 4.79 Å². The van der Waals surface area contributed by atoms with E-state index in [1.54, 1.807) is 0 Å². The largest absolute Gasteiger partial charge is 0.288 e. The van der Waals surface area contributed by atoms with E-state index < -0.39 is 0 Å². The lowest BCUT2D eigenvalue weighted by molar-refractivity contribution is 0.104. The number of halogens is 1. The molecule has 0 unspecified atom stereocenters. The van der Waals surface area contributed by atoms with Crippen molar-refractivity contribution in [3.8, 4) is 0 Å². The third-order valence-corrected chi connectivity index (χ3v) is 4.10. The fourth-order valence-corrected chi connectivity index (χ4v) is 2.91. The molecule has 1 nitrogen and oxygen atoms in total. The highest BCUT2D eigenvalue weighted by Gasteiger charge is 2.13. The molecule has 0 radical (unpaired) electrons. The first-order chi connectivity index (χ1) is 6.68. The van der Waals surface area contributed by atoms with Crippen molar-refractivity contribution in [2.24, 2.45) is 0 Å². The molecule has 2 heterocycles. The van der Waals surface area contributed by atoms with Gasteiger partial charge in [0.2, 0.25) is 5.78 Å². The molecule has 0 amide bonds. The normalized spacial score (nSPS) is 10.4. The number of carbonyl (C=O) groups excluding carboxylic acids is 1. The molecule has 0 bridgehead atoms.